The standard InChI is InChI=1S/C14H6F14O7S/c15-7(10(17,18)19,11(20,21)22)9(8(16,12(23,24)25)13(26,27)28)14(30,35-9)34-6-2-1-4(3-5(6)29)36(31,32)33/h1-3,29-30H,(H,31,32,33). The number of alkyl halides is 14. The van der Waals surface area contributed by atoms with E-state index < -0.39 is 74.1 Å². The van der Waals surface area contributed by atoms with Crippen molar-refractivity contribution >= 4 is 10.1 Å². The zero-order valence-corrected chi connectivity index (χ0v) is 16.7. The van der Waals surface area contributed by atoms with Crippen LogP contribution in [0.4, 0.5) is 61.5 Å². The first-order valence-electron chi connectivity index (χ1n) is 8.12. The van der Waals surface area contributed by atoms with Crippen LogP contribution in [0.25, 0.3) is 0 Å². The summed E-state index contributed by atoms with van der Waals surface area (Å²) in [6.45, 7) is 0. The first-order valence-corrected chi connectivity index (χ1v) is 9.56. The van der Waals surface area contributed by atoms with E-state index in [0.717, 1.165) is 0 Å². The minimum Gasteiger partial charge on any atom is -0.504 e. The molecule has 208 valence electrons. The van der Waals surface area contributed by atoms with Crippen LogP contribution in [0.5, 0.6) is 11.5 Å². The molecule has 0 bridgehead atoms. The molecule has 1 atom stereocenters. The summed E-state index contributed by atoms with van der Waals surface area (Å²) in [7, 11) is -5.24. The summed E-state index contributed by atoms with van der Waals surface area (Å²) in [5, 5.41) is 19.3. The topological polar surface area (TPSA) is 117 Å². The fourth-order valence-electron chi connectivity index (χ4n) is 3.10. The highest BCUT2D eigenvalue weighted by Crippen LogP contribution is 2.74. The van der Waals surface area contributed by atoms with Crippen molar-refractivity contribution in [2.45, 2.75) is 52.5 Å². The van der Waals surface area contributed by atoms with Crippen LogP contribution in [0.15, 0.2) is 23.1 Å². The van der Waals surface area contributed by atoms with Crippen molar-refractivity contribution in [3.05, 3.63) is 18.2 Å². The summed E-state index contributed by atoms with van der Waals surface area (Å²) in [4.78, 5) is -1.35. The van der Waals surface area contributed by atoms with Crippen molar-refractivity contribution < 1.29 is 94.1 Å². The van der Waals surface area contributed by atoms with Crippen molar-refractivity contribution in [3.63, 3.8) is 0 Å². The molecule has 22 heteroatoms. The van der Waals surface area contributed by atoms with Gasteiger partial charge in [0.1, 0.15) is 0 Å². The molecule has 0 saturated carbocycles. The molecule has 36 heavy (non-hydrogen) atoms. The van der Waals surface area contributed by atoms with E-state index in [-0.39, 0.29) is 18.2 Å². The second kappa shape index (κ2) is 7.60. The monoisotopic (exact) mass is 584 g/mol. The van der Waals surface area contributed by atoms with Gasteiger partial charge >= 0.3 is 42.0 Å². The molecule has 1 heterocycles. The number of rotatable bonds is 5. The van der Waals surface area contributed by atoms with Crippen LogP contribution >= 0.6 is 0 Å². The zero-order chi connectivity index (χ0) is 28.8. The SMILES string of the molecule is O=S(=O)(O)c1ccc(OC2(O)OC2(C(F)(C(F)(F)F)C(F)(F)F)C(F)(C(F)(F)F)C(F)(F)F)c(O)c1. The van der Waals surface area contributed by atoms with Gasteiger partial charge < -0.3 is 14.9 Å². The summed E-state index contributed by atoms with van der Waals surface area (Å²) in [6.07, 6.45) is -31.7. The second-order valence-corrected chi connectivity index (χ2v) is 8.30. The first-order chi connectivity index (χ1) is 15.6. The third-order valence-electron chi connectivity index (χ3n) is 4.70. The quantitative estimate of drug-likeness (QED) is 0.207. The Morgan fingerprint density at radius 1 is 0.750 bits per heavy atom. The van der Waals surface area contributed by atoms with Crippen LogP contribution in [0.2, 0.25) is 0 Å². The smallest absolute Gasteiger partial charge is 0.435 e. The number of ether oxygens (including phenoxy) is 2. The van der Waals surface area contributed by atoms with E-state index in [1.165, 1.54) is 0 Å². The van der Waals surface area contributed by atoms with Crippen LogP contribution in [0.1, 0.15) is 0 Å². The third-order valence-corrected chi connectivity index (χ3v) is 5.55. The molecule has 0 radical (unpaired) electrons. The van der Waals surface area contributed by atoms with Gasteiger partial charge in [0.2, 0.25) is 0 Å². The Hall–Kier alpha value is -2.33. The van der Waals surface area contributed by atoms with Gasteiger partial charge in [0, 0.05) is 6.07 Å². The highest BCUT2D eigenvalue weighted by Gasteiger charge is 3.09. The van der Waals surface area contributed by atoms with Gasteiger partial charge in [0.25, 0.3) is 15.7 Å². The van der Waals surface area contributed by atoms with Crippen molar-refractivity contribution in [3.8, 4) is 11.5 Å². The van der Waals surface area contributed by atoms with Crippen LogP contribution < -0.4 is 4.74 Å². The molecule has 1 saturated heterocycles. The predicted octanol–water partition coefficient (Wildman–Crippen LogP) is 4.10. The molecule has 0 spiro atoms. The lowest BCUT2D eigenvalue weighted by molar-refractivity contribution is -0.424. The van der Waals surface area contributed by atoms with E-state index >= 15 is 0 Å². The van der Waals surface area contributed by atoms with E-state index in [2.05, 4.69) is 9.47 Å². The zero-order valence-electron chi connectivity index (χ0n) is 15.9. The number of phenolic OH excluding ortho intramolecular Hbond substituents is 1. The van der Waals surface area contributed by atoms with Gasteiger partial charge in [-0.1, -0.05) is 0 Å². The molecule has 1 aliphatic heterocycles. The fourth-order valence-corrected chi connectivity index (χ4v) is 3.60. The van der Waals surface area contributed by atoms with Crippen molar-refractivity contribution in [1.29, 1.82) is 0 Å². The van der Waals surface area contributed by atoms with Crippen molar-refractivity contribution in [2.75, 3.05) is 0 Å². The molecular formula is C14H6F14O7S. The van der Waals surface area contributed by atoms with E-state index in [1.807, 2.05) is 0 Å². The summed E-state index contributed by atoms with van der Waals surface area (Å²) >= 11 is 0. The molecule has 7 nitrogen and oxygen atoms in total. The van der Waals surface area contributed by atoms with Gasteiger partial charge in [-0.3, -0.25) is 9.29 Å². The Balaban J connectivity index is 2.94. The van der Waals surface area contributed by atoms with E-state index in [4.69, 9.17) is 4.55 Å². The Bertz CT molecular complexity index is 1070. The highest BCUT2D eigenvalue weighted by atomic mass is 32.2. The van der Waals surface area contributed by atoms with Gasteiger partial charge in [0.15, 0.2) is 11.5 Å². The Morgan fingerprint density at radius 3 is 1.39 bits per heavy atom. The van der Waals surface area contributed by atoms with E-state index in [9.17, 15) is 80.1 Å². The molecule has 1 fully saturated rings. The average Bonchev–Trinajstić information content (AvgIpc) is 3.23. The summed E-state index contributed by atoms with van der Waals surface area (Å²) < 4.78 is 225. The Morgan fingerprint density at radius 2 is 1.11 bits per heavy atom. The molecular weight excluding hydrogens is 578 g/mol. The normalized spacial score (nSPS) is 21.9. The van der Waals surface area contributed by atoms with Crippen molar-refractivity contribution in [2.24, 2.45) is 0 Å². The maximum absolute atomic E-state index is 14.7. The third kappa shape index (κ3) is 3.79. The van der Waals surface area contributed by atoms with Crippen LogP contribution in [-0.4, -0.2) is 70.8 Å². The lowest BCUT2D eigenvalue weighted by Crippen LogP contribution is -2.78. The van der Waals surface area contributed by atoms with E-state index in [1.54, 1.807) is 0 Å². The second-order valence-electron chi connectivity index (χ2n) is 6.88. The number of epoxide rings is 1. The van der Waals surface area contributed by atoms with Gasteiger partial charge in [0.05, 0.1) is 4.90 Å². The number of halogens is 14. The molecule has 0 amide bonds. The average molecular weight is 584 g/mol. The summed E-state index contributed by atoms with van der Waals surface area (Å²) in [5.41, 5.74) is -23.1. The number of hydrogen-bond acceptors (Lipinski definition) is 6. The van der Waals surface area contributed by atoms with Crippen LogP contribution in [0, 0.1) is 0 Å². The van der Waals surface area contributed by atoms with Gasteiger partial charge in [-0.25, -0.2) is 8.78 Å². The summed E-state index contributed by atoms with van der Waals surface area (Å²) in [6, 6.07) is -0.320. The number of benzene rings is 1. The number of aromatic hydroxyl groups is 1. The fraction of sp³-hybridized carbons (Fsp3) is 0.571. The molecule has 0 aromatic heterocycles. The first kappa shape index (κ1) is 29.9. The lowest BCUT2D eigenvalue weighted by Gasteiger charge is -2.42. The van der Waals surface area contributed by atoms with E-state index in [0.29, 0.717) is 0 Å². The summed E-state index contributed by atoms with van der Waals surface area (Å²) in [5.74, 6) is -9.64. The largest absolute Gasteiger partial charge is 0.504 e. The molecule has 0 aliphatic carbocycles. The molecule has 1 unspecified atom stereocenters. The van der Waals surface area contributed by atoms with Gasteiger partial charge in [-0.15, -0.1) is 0 Å². The van der Waals surface area contributed by atoms with Crippen LogP contribution in [-0.2, 0) is 14.9 Å². The number of aliphatic hydroxyl groups is 1. The molecule has 1 aliphatic rings. The van der Waals surface area contributed by atoms with Gasteiger partial charge in [-0.2, -0.15) is 61.1 Å². The Kier molecular flexibility index (Phi) is 6.31. The molecule has 3 N–H and O–H groups in total. The minimum atomic E-state index is -8.01. The maximum Gasteiger partial charge on any atom is 0.435 e. The molecule has 2 rings (SSSR count). The maximum atomic E-state index is 14.7. The van der Waals surface area contributed by atoms with Crippen LogP contribution in [0.3, 0.4) is 0 Å². The lowest BCUT2D eigenvalue weighted by atomic mass is 9.73. The van der Waals surface area contributed by atoms with Gasteiger partial charge in [-0.05, 0) is 12.1 Å². The highest BCUT2D eigenvalue weighted by molar-refractivity contribution is 7.85. The molecule has 1 aromatic carbocycles. The predicted molar refractivity (Wildman–Crippen MR) is 79.2 cm³/mol. The Labute approximate surface area is 187 Å². The number of phenols is 1. The number of hydrogen-bond donors (Lipinski definition) is 3. The van der Waals surface area contributed by atoms with Crippen molar-refractivity contribution in [1.82, 2.24) is 0 Å². The molecule has 1 aromatic rings. The minimum absolute atomic E-state index is 0.0320.